The van der Waals surface area contributed by atoms with E-state index >= 15 is 0 Å². The lowest BCUT2D eigenvalue weighted by Gasteiger charge is -2.29. The molecule has 0 fully saturated rings. The second kappa shape index (κ2) is 6.90. The molecule has 1 aliphatic rings. The standard InChI is InChI=1S/C10H15N3O4/c1-3-15-10-9(12-13-11)5-4-8(17-10)6-16-7(2)14/h4-5,8-10H,3,6H2,1-2H3/t8-,9-,10-/m0/s1. The van der Waals surface area contributed by atoms with Crippen LogP contribution in [0.1, 0.15) is 13.8 Å². The van der Waals surface area contributed by atoms with Gasteiger partial charge in [0.05, 0.1) is 0 Å². The number of rotatable bonds is 5. The molecule has 0 bridgehead atoms. The number of ether oxygens (including phenoxy) is 3. The van der Waals surface area contributed by atoms with E-state index in [2.05, 4.69) is 10.0 Å². The highest BCUT2D eigenvalue weighted by Gasteiger charge is 2.27. The van der Waals surface area contributed by atoms with Crippen LogP contribution in [0.3, 0.4) is 0 Å². The fourth-order valence-electron chi connectivity index (χ4n) is 1.38. The molecule has 0 radical (unpaired) electrons. The third-order valence-electron chi connectivity index (χ3n) is 2.08. The average molecular weight is 241 g/mol. The molecule has 7 heteroatoms. The van der Waals surface area contributed by atoms with Crippen molar-refractivity contribution in [3.8, 4) is 0 Å². The predicted octanol–water partition coefficient (Wildman–Crippen LogP) is 1.55. The summed E-state index contributed by atoms with van der Waals surface area (Å²) in [5.74, 6) is -0.368. The summed E-state index contributed by atoms with van der Waals surface area (Å²) in [6.45, 7) is 3.71. The molecule has 0 aromatic rings. The van der Waals surface area contributed by atoms with Crippen molar-refractivity contribution >= 4 is 5.97 Å². The van der Waals surface area contributed by atoms with Crippen LogP contribution in [0.25, 0.3) is 10.4 Å². The van der Waals surface area contributed by atoms with Crippen LogP contribution in [-0.2, 0) is 19.0 Å². The van der Waals surface area contributed by atoms with Crippen LogP contribution in [0.4, 0.5) is 0 Å². The second-order valence-corrected chi connectivity index (χ2v) is 3.38. The van der Waals surface area contributed by atoms with E-state index in [1.165, 1.54) is 6.92 Å². The third kappa shape index (κ3) is 4.44. The van der Waals surface area contributed by atoms with Crippen molar-refractivity contribution in [2.75, 3.05) is 13.2 Å². The Bertz CT molecular complexity index is 338. The third-order valence-corrected chi connectivity index (χ3v) is 2.08. The Morgan fingerprint density at radius 2 is 2.35 bits per heavy atom. The zero-order chi connectivity index (χ0) is 12.7. The summed E-state index contributed by atoms with van der Waals surface area (Å²) in [5.41, 5.74) is 8.39. The van der Waals surface area contributed by atoms with Gasteiger partial charge in [0.25, 0.3) is 0 Å². The first-order chi connectivity index (χ1) is 8.17. The van der Waals surface area contributed by atoms with Crippen LogP contribution in [0.5, 0.6) is 0 Å². The molecule has 0 aromatic carbocycles. The van der Waals surface area contributed by atoms with E-state index in [4.69, 9.17) is 19.7 Å². The van der Waals surface area contributed by atoms with Gasteiger partial charge in [-0.2, -0.15) is 0 Å². The number of esters is 1. The molecule has 0 saturated heterocycles. The van der Waals surface area contributed by atoms with E-state index < -0.39 is 12.3 Å². The van der Waals surface area contributed by atoms with Gasteiger partial charge in [-0.3, -0.25) is 4.79 Å². The maximum absolute atomic E-state index is 10.7. The summed E-state index contributed by atoms with van der Waals surface area (Å²) in [6.07, 6.45) is 2.37. The number of nitrogens with zero attached hydrogens (tertiary/aromatic N) is 3. The quantitative estimate of drug-likeness (QED) is 0.240. The number of carbonyl (C=O) groups excluding carboxylic acids is 1. The van der Waals surface area contributed by atoms with Crippen molar-refractivity contribution in [3.63, 3.8) is 0 Å². The molecule has 0 saturated carbocycles. The highest BCUT2D eigenvalue weighted by Crippen LogP contribution is 2.17. The van der Waals surface area contributed by atoms with Gasteiger partial charge >= 0.3 is 5.97 Å². The van der Waals surface area contributed by atoms with Gasteiger partial charge in [-0.1, -0.05) is 17.3 Å². The first kappa shape index (κ1) is 13.5. The van der Waals surface area contributed by atoms with Crippen molar-refractivity contribution in [3.05, 3.63) is 22.6 Å². The Morgan fingerprint density at radius 3 is 2.94 bits per heavy atom. The largest absolute Gasteiger partial charge is 0.463 e. The van der Waals surface area contributed by atoms with Gasteiger partial charge < -0.3 is 14.2 Å². The summed E-state index contributed by atoms with van der Waals surface area (Å²) >= 11 is 0. The minimum absolute atomic E-state index is 0.123. The molecular weight excluding hydrogens is 226 g/mol. The van der Waals surface area contributed by atoms with Crippen LogP contribution < -0.4 is 0 Å². The van der Waals surface area contributed by atoms with Crippen molar-refractivity contribution in [1.29, 1.82) is 0 Å². The highest BCUT2D eigenvalue weighted by atomic mass is 16.7. The van der Waals surface area contributed by atoms with Crippen molar-refractivity contribution in [2.24, 2.45) is 5.11 Å². The lowest BCUT2D eigenvalue weighted by Crippen LogP contribution is -2.38. The first-order valence-corrected chi connectivity index (χ1v) is 5.30. The van der Waals surface area contributed by atoms with Gasteiger partial charge in [0.15, 0.2) is 6.29 Å². The van der Waals surface area contributed by atoms with Crippen LogP contribution in [0.15, 0.2) is 17.3 Å². The maximum atomic E-state index is 10.7. The minimum Gasteiger partial charge on any atom is -0.463 e. The van der Waals surface area contributed by atoms with Gasteiger partial charge in [-0.25, -0.2) is 0 Å². The summed E-state index contributed by atoms with van der Waals surface area (Å²) in [4.78, 5) is 13.4. The number of hydrogen-bond acceptors (Lipinski definition) is 5. The molecular formula is C10H15N3O4. The van der Waals surface area contributed by atoms with E-state index in [0.29, 0.717) is 6.61 Å². The van der Waals surface area contributed by atoms with E-state index in [-0.39, 0.29) is 18.7 Å². The van der Waals surface area contributed by atoms with Crippen molar-refractivity contribution in [1.82, 2.24) is 0 Å². The Balaban J connectivity index is 2.59. The highest BCUT2D eigenvalue weighted by molar-refractivity contribution is 5.65. The Labute approximate surface area is 99.0 Å². The van der Waals surface area contributed by atoms with Crippen LogP contribution >= 0.6 is 0 Å². The van der Waals surface area contributed by atoms with Gasteiger partial charge in [0.1, 0.15) is 18.8 Å². The SMILES string of the molecule is CCO[C@H]1O[C@H](COC(C)=O)C=C[C@@H]1N=[N+]=[N-]. The maximum Gasteiger partial charge on any atom is 0.302 e. The minimum atomic E-state index is -0.638. The summed E-state index contributed by atoms with van der Waals surface area (Å²) in [7, 11) is 0. The van der Waals surface area contributed by atoms with Gasteiger partial charge in [0, 0.05) is 18.4 Å². The monoisotopic (exact) mass is 241 g/mol. The Hall–Kier alpha value is -1.56. The number of carbonyl (C=O) groups is 1. The zero-order valence-electron chi connectivity index (χ0n) is 9.78. The summed E-state index contributed by atoms with van der Waals surface area (Å²) < 4.78 is 15.6. The molecule has 0 amide bonds. The molecule has 17 heavy (non-hydrogen) atoms. The molecule has 0 aromatic heterocycles. The van der Waals surface area contributed by atoms with Crippen LogP contribution in [0.2, 0.25) is 0 Å². The van der Waals surface area contributed by atoms with Crippen molar-refractivity contribution < 1.29 is 19.0 Å². The molecule has 0 N–H and O–H groups in total. The molecule has 1 rings (SSSR count). The van der Waals surface area contributed by atoms with Crippen LogP contribution in [0, 0.1) is 0 Å². The average Bonchev–Trinajstić information content (AvgIpc) is 2.30. The molecule has 7 nitrogen and oxygen atoms in total. The first-order valence-electron chi connectivity index (χ1n) is 5.30. The van der Waals surface area contributed by atoms with Crippen molar-refractivity contribution in [2.45, 2.75) is 32.3 Å². The molecule has 0 spiro atoms. The second-order valence-electron chi connectivity index (χ2n) is 3.38. The van der Waals surface area contributed by atoms with E-state index in [0.717, 1.165) is 0 Å². The van der Waals surface area contributed by atoms with Gasteiger partial charge in [0.2, 0.25) is 0 Å². The normalized spacial score (nSPS) is 27.3. The molecule has 0 unspecified atom stereocenters. The fourth-order valence-corrected chi connectivity index (χ4v) is 1.38. The van der Waals surface area contributed by atoms with E-state index in [1.54, 1.807) is 12.2 Å². The summed E-state index contributed by atoms with van der Waals surface area (Å²) in [5, 5.41) is 3.55. The Morgan fingerprint density at radius 1 is 1.59 bits per heavy atom. The van der Waals surface area contributed by atoms with Gasteiger partial charge in [-0.15, -0.1) is 0 Å². The van der Waals surface area contributed by atoms with Gasteiger partial charge in [-0.05, 0) is 12.5 Å². The Kier molecular flexibility index (Phi) is 5.48. The molecule has 0 aliphatic carbocycles. The van der Waals surface area contributed by atoms with E-state index in [9.17, 15) is 4.79 Å². The molecule has 1 aliphatic heterocycles. The predicted molar refractivity (Wildman–Crippen MR) is 59.0 cm³/mol. The number of azide groups is 1. The van der Waals surface area contributed by atoms with E-state index in [1.807, 2.05) is 6.92 Å². The lowest BCUT2D eigenvalue weighted by atomic mass is 10.2. The lowest BCUT2D eigenvalue weighted by molar-refractivity contribution is -0.181. The van der Waals surface area contributed by atoms with Crippen LogP contribution in [-0.4, -0.2) is 37.6 Å². The summed E-state index contributed by atoms with van der Waals surface area (Å²) in [6, 6.07) is -0.492. The molecule has 94 valence electrons. The molecule has 1 heterocycles. The smallest absolute Gasteiger partial charge is 0.302 e. The molecule has 3 atom stereocenters. The zero-order valence-corrected chi connectivity index (χ0v) is 9.78. The topological polar surface area (TPSA) is 93.5 Å². The fraction of sp³-hybridized carbons (Fsp3) is 0.700. The number of hydrogen-bond donors (Lipinski definition) is 0.